The van der Waals surface area contributed by atoms with Crippen LogP contribution < -0.4 is 4.74 Å². The lowest BCUT2D eigenvalue weighted by atomic mass is 10.2. The summed E-state index contributed by atoms with van der Waals surface area (Å²) in [6.07, 6.45) is 0. The highest BCUT2D eigenvalue weighted by molar-refractivity contribution is 9.10. The Morgan fingerprint density at radius 3 is 2.35 bits per heavy atom. The number of hydrogen-bond donors (Lipinski definition) is 0. The van der Waals surface area contributed by atoms with Gasteiger partial charge in [-0.2, -0.15) is 0 Å². The van der Waals surface area contributed by atoms with Crippen molar-refractivity contribution >= 4 is 31.9 Å². The maximum Gasteiger partial charge on any atom is 0.141 e. The predicted octanol–water partition coefficient (Wildman–Crippen LogP) is 5.28. The Balaban J connectivity index is 2.19. The lowest BCUT2D eigenvalue weighted by molar-refractivity contribution is 0.477. The summed E-state index contributed by atoms with van der Waals surface area (Å²) in [5.74, 6) is 1.03. The van der Waals surface area contributed by atoms with E-state index in [4.69, 9.17) is 4.74 Å². The molecule has 88 valence electrons. The molecule has 0 N–H and O–H groups in total. The van der Waals surface area contributed by atoms with Crippen molar-refractivity contribution < 1.29 is 9.13 Å². The number of hydrogen-bond acceptors (Lipinski definition) is 1. The zero-order chi connectivity index (χ0) is 12.3. The summed E-state index contributed by atoms with van der Waals surface area (Å²) in [6.45, 7) is 0. The summed E-state index contributed by atoms with van der Waals surface area (Å²) in [5, 5.41) is 0.813. The van der Waals surface area contributed by atoms with E-state index >= 15 is 0 Å². The molecule has 0 aromatic heterocycles. The molecule has 0 radical (unpaired) electrons. The smallest absolute Gasteiger partial charge is 0.141 e. The fourth-order valence-corrected chi connectivity index (χ4v) is 2.14. The Bertz CT molecular complexity index is 511. The van der Waals surface area contributed by atoms with Crippen LogP contribution in [0.25, 0.3) is 0 Å². The summed E-state index contributed by atoms with van der Waals surface area (Å²) in [4.78, 5) is 0. The molecule has 0 aliphatic carbocycles. The number of alkyl halides is 1. The van der Waals surface area contributed by atoms with Crippen molar-refractivity contribution in [2.75, 3.05) is 0 Å². The van der Waals surface area contributed by atoms with E-state index in [1.807, 2.05) is 24.3 Å². The van der Waals surface area contributed by atoms with Gasteiger partial charge in [0.2, 0.25) is 0 Å². The van der Waals surface area contributed by atoms with Crippen LogP contribution in [0.2, 0.25) is 0 Å². The van der Waals surface area contributed by atoms with Crippen LogP contribution in [0.15, 0.2) is 46.9 Å². The third kappa shape index (κ3) is 3.30. The summed E-state index contributed by atoms with van der Waals surface area (Å²) in [5.41, 5.74) is 1.18. The molecule has 4 heteroatoms. The van der Waals surface area contributed by atoms with Crippen LogP contribution in [-0.2, 0) is 5.33 Å². The molecule has 0 saturated heterocycles. The number of rotatable bonds is 3. The fraction of sp³-hybridized carbons (Fsp3) is 0.0769. The number of benzene rings is 2. The van der Waals surface area contributed by atoms with E-state index in [2.05, 4.69) is 31.9 Å². The summed E-state index contributed by atoms with van der Waals surface area (Å²) < 4.78 is 19.1. The van der Waals surface area contributed by atoms with E-state index in [1.54, 1.807) is 6.07 Å². The lowest BCUT2D eigenvalue weighted by Gasteiger charge is -2.08. The number of ether oxygens (including phenoxy) is 1. The van der Waals surface area contributed by atoms with E-state index in [0.717, 1.165) is 11.1 Å². The second-order valence-electron chi connectivity index (χ2n) is 3.45. The topological polar surface area (TPSA) is 9.23 Å². The molecule has 2 rings (SSSR count). The van der Waals surface area contributed by atoms with Crippen LogP contribution in [-0.4, -0.2) is 0 Å². The van der Waals surface area contributed by atoms with Gasteiger partial charge < -0.3 is 4.74 Å². The molecule has 2 aromatic rings. The van der Waals surface area contributed by atoms with E-state index in [9.17, 15) is 4.39 Å². The van der Waals surface area contributed by atoms with Crippen molar-refractivity contribution in [1.82, 2.24) is 0 Å². The molecule has 0 aliphatic heterocycles. The van der Waals surface area contributed by atoms with Crippen LogP contribution in [0, 0.1) is 5.82 Å². The van der Waals surface area contributed by atoms with Crippen molar-refractivity contribution in [3.8, 4) is 11.5 Å². The van der Waals surface area contributed by atoms with Crippen LogP contribution in [0.3, 0.4) is 0 Å². The molecule has 0 amide bonds. The predicted molar refractivity (Wildman–Crippen MR) is 73.2 cm³/mol. The first-order chi connectivity index (χ1) is 8.19. The molecule has 0 unspecified atom stereocenters. The van der Waals surface area contributed by atoms with Crippen molar-refractivity contribution in [1.29, 1.82) is 0 Å². The highest BCUT2D eigenvalue weighted by Gasteiger charge is 2.04. The van der Waals surface area contributed by atoms with Crippen LogP contribution in [0.4, 0.5) is 4.39 Å². The third-order valence-corrected chi connectivity index (χ3v) is 3.47. The van der Waals surface area contributed by atoms with Crippen LogP contribution in [0.5, 0.6) is 11.5 Å². The summed E-state index contributed by atoms with van der Waals surface area (Å²) >= 11 is 6.64. The molecular formula is C13H9Br2FO. The van der Waals surface area contributed by atoms with Gasteiger partial charge in [-0.05, 0) is 51.8 Å². The SMILES string of the molecule is Fc1ccc(Oc2ccc(CBr)cc2)c(Br)c1. The molecule has 2 aromatic carbocycles. The van der Waals surface area contributed by atoms with E-state index in [1.165, 1.54) is 17.7 Å². The van der Waals surface area contributed by atoms with Gasteiger partial charge in [-0.15, -0.1) is 0 Å². The van der Waals surface area contributed by atoms with Gasteiger partial charge in [0.1, 0.15) is 17.3 Å². The quantitative estimate of drug-likeness (QED) is 0.678. The molecule has 0 atom stereocenters. The largest absolute Gasteiger partial charge is 0.456 e. The Morgan fingerprint density at radius 2 is 1.76 bits per heavy atom. The van der Waals surface area contributed by atoms with Gasteiger partial charge in [-0.1, -0.05) is 28.1 Å². The first-order valence-corrected chi connectivity index (χ1v) is 6.88. The average Bonchev–Trinajstić information content (AvgIpc) is 2.34. The lowest BCUT2D eigenvalue weighted by Crippen LogP contribution is -1.87. The highest BCUT2D eigenvalue weighted by Crippen LogP contribution is 2.30. The van der Waals surface area contributed by atoms with E-state index in [-0.39, 0.29) is 5.82 Å². The zero-order valence-electron chi connectivity index (χ0n) is 8.79. The molecule has 0 aliphatic rings. The number of halogens is 3. The Labute approximate surface area is 116 Å². The minimum atomic E-state index is -0.293. The maximum atomic E-state index is 12.9. The van der Waals surface area contributed by atoms with Crippen LogP contribution in [0.1, 0.15) is 5.56 Å². The van der Waals surface area contributed by atoms with Crippen LogP contribution >= 0.6 is 31.9 Å². The van der Waals surface area contributed by atoms with Crippen molar-refractivity contribution in [3.63, 3.8) is 0 Å². The van der Waals surface area contributed by atoms with Gasteiger partial charge in [0.15, 0.2) is 0 Å². The molecule has 0 heterocycles. The molecule has 0 spiro atoms. The minimum Gasteiger partial charge on any atom is -0.456 e. The molecular weight excluding hydrogens is 351 g/mol. The second-order valence-corrected chi connectivity index (χ2v) is 4.87. The average molecular weight is 360 g/mol. The zero-order valence-corrected chi connectivity index (χ0v) is 12.0. The van der Waals surface area contributed by atoms with Crippen molar-refractivity contribution in [2.24, 2.45) is 0 Å². The third-order valence-electron chi connectivity index (χ3n) is 2.20. The normalized spacial score (nSPS) is 10.3. The van der Waals surface area contributed by atoms with Gasteiger partial charge in [0.05, 0.1) is 4.47 Å². The Hall–Kier alpha value is -0.870. The van der Waals surface area contributed by atoms with Crippen molar-refractivity contribution in [2.45, 2.75) is 5.33 Å². The first-order valence-electron chi connectivity index (χ1n) is 4.97. The van der Waals surface area contributed by atoms with Gasteiger partial charge >= 0.3 is 0 Å². The molecule has 0 fully saturated rings. The minimum absolute atomic E-state index is 0.293. The van der Waals surface area contributed by atoms with Gasteiger partial charge in [-0.25, -0.2) is 4.39 Å². The fourth-order valence-electron chi connectivity index (χ4n) is 1.33. The standard InChI is InChI=1S/C13H9Br2FO/c14-8-9-1-4-11(5-2-9)17-13-6-3-10(16)7-12(13)15/h1-7H,8H2. The first kappa shape index (κ1) is 12.6. The maximum absolute atomic E-state index is 12.9. The van der Waals surface area contributed by atoms with Gasteiger partial charge in [0, 0.05) is 5.33 Å². The van der Waals surface area contributed by atoms with Crippen molar-refractivity contribution in [3.05, 3.63) is 58.3 Å². The van der Waals surface area contributed by atoms with Gasteiger partial charge in [0.25, 0.3) is 0 Å². The molecule has 17 heavy (non-hydrogen) atoms. The summed E-state index contributed by atoms with van der Waals surface area (Å²) in [6, 6.07) is 12.1. The van der Waals surface area contributed by atoms with Gasteiger partial charge in [-0.3, -0.25) is 0 Å². The van der Waals surface area contributed by atoms with E-state index in [0.29, 0.717) is 10.2 Å². The summed E-state index contributed by atoms with van der Waals surface area (Å²) in [7, 11) is 0. The monoisotopic (exact) mass is 358 g/mol. The molecule has 0 bridgehead atoms. The molecule has 1 nitrogen and oxygen atoms in total. The Morgan fingerprint density at radius 1 is 1.06 bits per heavy atom. The second kappa shape index (κ2) is 5.65. The Kier molecular flexibility index (Phi) is 4.18. The molecule has 0 saturated carbocycles. The van der Waals surface area contributed by atoms with E-state index < -0.39 is 0 Å². The highest BCUT2D eigenvalue weighted by atomic mass is 79.9.